The van der Waals surface area contributed by atoms with Crippen LogP contribution in [0.1, 0.15) is 44.6 Å². The third kappa shape index (κ3) is 3.20. The first kappa shape index (κ1) is 15.2. The maximum Gasteiger partial charge on any atom is 0.101 e. The minimum absolute atomic E-state index is 0.188. The van der Waals surface area contributed by atoms with E-state index in [0.717, 1.165) is 42.9 Å². The van der Waals surface area contributed by atoms with Crippen LogP contribution in [0.15, 0.2) is 18.2 Å². The summed E-state index contributed by atoms with van der Waals surface area (Å²) in [6, 6.07) is 8.99. The van der Waals surface area contributed by atoms with E-state index in [1.54, 1.807) is 0 Å². The molecule has 0 radical (unpaired) electrons. The van der Waals surface area contributed by atoms with Crippen LogP contribution >= 0.6 is 0 Å². The highest BCUT2D eigenvalue weighted by Gasteiger charge is 2.24. The van der Waals surface area contributed by atoms with Crippen molar-refractivity contribution in [1.29, 1.82) is 5.26 Å². The summed E-state index contributed by atoms with van der Waals surface area (Å²) >= 11 is 0. The zero-order valence-electron chi connectivity index (χ0n) is 13.3. The molecule has 0 spiro atoms. The predicted octanol–water partition coefficient (Wildman–Crippen LogP) is 3.12. The number of nitrogens with one attached hydrogen (secondary N) is 1. The zero-order valence-corrected chi connectivity index (χ0v) is 13.3. The fourth-order valence-electron chi connectivity index (χ4n) is 3.67. The monoisotopic (exact) mass is 299 g/mol. The summed E-state index contributed by atoms with van der Waals surface area (Å²) in [6.07, 6.45) is 5.17. The van der Waals surface area contributed by atoms with Crippen LogP contribution in [-0.4, -0.2) is 30.3 Å². The number of anilines is 2. The molecule has 22 heavy (non-hydrogen) atoms. The first-order valence-electron chi connectivity index (χ1n) is 8.41. The van der Waals surface area contributed by atoms with Crippen LogP contribution in [0.4, 0.5) is 11.4 Å². The zero-order chi connectivity index (χ0) is 15.5. The van der Waals surface area contributed by atoms with Gasteiger partial charge in [0.25, 0.3) is 0 Å². The molecule has 1 aromatic carbocycles. The van der Waals surface area contributed by atoms with Crippen molar-refractivity contribution in [3.05, 3.63) is 23.8 Å². The van der Waals surface area contributed by atoms with Crippen LogP contribution in [-0.2, 0) is 0 Å². The molecule has 3 rings (SSSR count). The van der Waals surface area contributed by atoms with Gasteiger partial charge in [0.15, 0.2) is 0 Å². The van der Waals surface area contributed by atoms with Crippen LogP contribution in [0, 0.1) is 17.2 Å². The van der Waals surface area contributed by atoms with Crippen LogP contribution in [0.2, 0.25) is 0 Å². The standard InChI is InChI=1S/C18H25N3O/c1-13-3-2-4-17(13)20-15-5-6-18(14(11-15)12-19)21-9-7-16(22)8-10-21/h5-6,11,13,16-17,20,22H,2-4,7-10H2,1H3. The maximum absolute atomic E-state index is 9.63. The Morgan fingerprint density at radius 1 is 1.23 bits per heavy atom. The van der Waals surface area contributed by atoms with Gasteiger partial charge in [-0.3, -0.25) is 0 Å². The molecule has 1 saturated carbocycles. The van der Waals surface area contributed by atoms with Crippen LogP contribution < -0.4 is 10.2 Å². The molecule has 2 aliphatic rings. The summed E-state index contributed by atoms with van der Waals surface area (Å²) in [5, 5.41) is 22.7. The highest BCUT2D eigenvalue weighted by molar-refractivity contribution is 5.65. The summed E-state index contributed by atoms with van der Waals surface area (Å²) in [6.45, 7) is 3.94. The lowest BCUT2D eigenvalue weighted by Gasteiger charge is -2.32. The normalized spacial score (nSPS) is 26.0. The quantitative estimate of drug-likeness (QED) is 0.900. The lowest BCUT2D eigenvalue weighted by molar-refractivity contribution is 0.145. The van der Waals surface area contributed by atoms with Gasteiger partial charge in [0.2, 0.25) is 0 Å². The molecule has 1 aliphatic carbocycles. The number of piperidine rings is 1. The second-order valence-corrected chi connectivity index (χ2v) is 6.72. The highest BCUT2D eigenvalue weighted by atomic mass is 16.3. The van der Waals surface area contributed by atoms with E-state index in [9.17, 15) is 10.4 Å². The van der Waals surface area contributed by atoms with Gasteiger partial charge in [-0.1, -0.05) is 13.3 Å². The number of rotatable bonds is 3. The number of hydrogen-bond acceptors (Lipinski definition) is 4. The summed E-state index contributed by atoms with van der Waals surface area (Å²) < 4.78 is 0. The number of nitriles is 1. The van der Waals surface area contributed by atoms with Crippen LogP contribution in [0.3, 0.4) is 0 Å². The Hall–Kier alpha value is -1.73. The summed E-state index contributed by atoms with van der Waals surface area (Å²) in [5.41, 5.74) is 2.78. The average molecular weight is 299 g/mol. The van der Waals surface area contributed by atoms with Crippen LogP contribution in [0.5, 0.6) is 0 Å². The van der Waals surface area contributed by atoms with Gasteiger partial charge in [0.1, 0.15) is 6.07 Å². The third-order valence-electron chi connectivity index (χ3n) is 5.14. The molecule has 1 saturated heterocycles. The van der Waals surface area contributed by atoms with E-state index in [1.165, 1.54) is 19.3 Å². The molecular formula is C18H25N3O. The van der Waals surface area contributed by atoms with E-state index < -0.39 is 0 Å². The Balaban J connectivity index is 1.74. The first-order chi connectivity index (χ1) is 10.7. The van der Waals surface area contributed by atoms with Crippen molar-refractivity contribution in [3.8, 4) is 6.07 Å². The Labute approximate surface area is 132 Å². The van der Waals surface area contributed by atoms with Gasteiger partial charge in [-0.15, -0.1) is 0 Å². The Morgan fingerprint density at radius 2 is 2.00 bits per heavy atom. The molecule has 0 bridgehead atoms. The van der Waals surface area contributed by atoms with Gasteiger partial charge in [-0.25, -0.2) is 0 Å². The van der Waals surface area contributed by atoms with Crippen molar-refractivity contribution in [1.82, 2.24) is 0 Å². The largest absolute Gasteiger partial charge is 0.393 e. The number of aliphatic hydroxyl groups excluding tert-OH is 1. The van der Waals surface area contributed by atoms with E-state index in [2.05, 4.69) is 35.3 Å². The van der Waals surface area contributed by atoms with Crippen molar-refractivity contribution >= 4 is 11.4 Å². The molecule has 4 heteroatoms. The van der Waals surface area contributed by atoms with Gasteiger partial charge >= 0.3 is 0 Å². The molecule has 2 N–H and O–H groups in total. The second kappa shape index (κ2) is 6.58. The van der Waals surface area contributed by atoms with E-state index >= 15 is 0 Å². The van der Waals surface area contributed by atoms with Crippen molar-refractivity contribution in [2.45, 2.75) is 51.2 Å². The molecular weight excluding hydrogens is 274 g/mol. The minimum Gasteiger partial charge on any atom is -0.393 e. The maximum atomic E-state index is 9.63. The molecule has 4 nitrogen and oxygen atoms in total. The number of hydrogen-bond donors (Lipinski definition) is 2. The van der Waals surface area contributed by atoms with E-state index in [-0.39, 0.29) is 6.10 Å². The Kier molecular flexibility index (Phi) is 4.54. The molecule has 2 fully saturated rings. The molecule has 1 heterocycles. The molecule has 1 aromatic rings. The van der Waals surface area contributed by atoms with Crippen LogP contribution in [0.25, 0.3) is 0 Å². The van der Waals surface area contributed by atoms with E-state index in [4.69, 9.17) is 0 Å². The minimum atomic E-state index is -0.188. The van der Waals surface area contributed by atoms with E-state index in [1.807, 2.05) is 6.07 Å². The number of nitrogens with zero attached hydrogens (tertiary/aromatic N) is 2. The summed E-state index contributed by atoms with van der Waals surface area (Å²) in [4.78, 5) is 2.22. The Morgan fingerprint density at radius 3 is 2.64 bits per heavy atom. The molecule has 1 aliphatic heterocycles. The van der Waals surface area contributed by atoms with Gasteiger partial charge in [0, 0.05) is 24.8 Å². The molecule has 0 aromatic heterocycles. The predicted molar refractivity (Wildman–Crippen MR) is 89.0 cm³/mol. The fraction of sp³-hybridized carbons (Fsp3) is 0.611. The second-order valence-electron chi connectivity index (χ2n) is 6.72. The first-order valence-corrected chi connectivity index (χ1v) is 8.41. The number of aliphatic hydroxyl groups is 1. The summed E-state index contributed by atoms with van der Waals surface area (Å²) in [7, 11) is 0. The number of benzene rings is 1. The summed E-state index contributed by atoms with van der Waals surface area (Å²) in [5.74, 6) is 0.703. The SMILES string of the molecule is CC1CCCC1Nc1ccc(N2CCC(O)CC2)c(C#N)c1. The van der Waals surface area contributed by atoms with Crippen molar-refractivity contribution in [2.24, 2.45) is 5.92 Å². The highest BCUT2D eigenvalue weighted by Crippen LogP contribution is 2.31. The van der Waals surface area contributed by atoms with Crippen molar-refractivity contribution < 1.29 is 5.11 Å². The molecule has 2 unspecified atom stereocenters. The van der Waals surface area contributed by atoms with Gasteiger partial charge in [-0.2, -0.15) is 5.26 Å². The topological polar surface area (TPSA) is 59.3 Å². The third-order valence-corrected chi connectivity index (χ3v) is 5.14. The fourth-order valence-corrected chi connectivity index (χ4v) is 3.67. The molecule has 0 amide bonds. The van der Waals surface area contributed by atoms with Gasteiger partial charge in [-0.05, 0) is 49.8 Å². The van der Waals surface area contributed by atoms with Gasteiger partial charge in [0.05, 0.1) is 17.4 Å². The van der Waals surface area contributed by atoms with Crippen molar-refractivity contribution in [3.63, 3.8) is 0 Å². The average Bonchev–Trinajstić information content (AvgIpc) is 2.93. The molecule has 118 valence electrons. The van der Waals surface area contributed by atoms with E-state index in [0.29, 0.717) is 12.0 Å². The van der Waals surface area contributed by atoms with Gasteiger partial charge < -0.3 is 15.3 Å². The lowest BCUT2D eigenvalue weighted by Crippen LogP contribution is -2.36. The van der Waals surface area contributed by atoms with Crippen molar-refractivity contribution in [2.75, 3.05) is 23.3 Å². The smallest absolute Gasteiger partial charge is 0.101 e. The Bertz CT molecular complexity index is 558. The lowest BCUT2D eigenvalue weighted by atomic mass is 10.0. The molecule has 2 atom stereocenters.